The van der Waals surface area contributed by atoms with Gasteiger partial charge in [-0.15, -0.1) is 0 Å². The molecule has 0 heterocycles. The van der Waals surface area contributed by atoms with Crippen LogP contribution in [0.5, 0.6) is 5.75 Å². The number of methoxy groups -OCH3 is 1. The topological polar surface area (TPSA) is 74.1 Å². The Bertz CT molecular complexity index is 577. The monoisotopic (exact) mass is 307 g/mol. The van der Waals surface area contributed by atoms with Crippen LogP contribution in [0.15, 0.2) is 30.0 Å². The summed E-state index contributed by atoms with van der Waals surface area (Å²) in [6.45, 7) is 4.74. The minimum absolute atomic E-state index is 0.0160. The van der Waals surface area contributed by atoms with E-state index in [2.05, 4.69) is 10.6 Å². The summed E-state index contributed by atoms with van der Waals surface area (Å²) in [5.74, 6) is 0.367. The van der Waals surface area contributed by atoms with E-state index in [0.29, 0.717) is 28.9 Å². The highest BCUT2D eigenvalue weighted by molar-refractivity contribution is 6.31. The van der Waals surface area contributed by atoms with Gasteiger partial charge in [-0.25, -0.2) is 0 Å². The van der Waals surface area contributed by atoms with Gasteiger partial charge in [0.15, 0.2) is 0 Å². The number of carbonyl (C=O) groups excluding carboxylic acids is 1. The molecule has 0 bridgehead atoms. The third kappa shape index (κ3) is 5.36. The van der Waals surface area contributed by atoms with E-state index in [-0.39, 0.29) is 5.57 Å². The molecule has 0 radical (unpaired) electrons. The van der Waals surface area contributed by atoms with E-state index in [1.54, 1.807) is 18.2 Å². The fourth-order valence-electron chi connectivity index (χ4n) is 1.51. The molecule has 0 aromatic heterocycles. The van der Waals surface area contributed by atoms with Gasteiger partial charge in [-0.1, -0.05) is 25.4 Å². The molecule has 0 saturated carbocycles. The van der Waals surface area contributed by atoms with Crippen molar-refractivity contribution in [3.63, 3.8) is 0 Å². The molecule has 0 aliphatic rings. The van der Waals surface area contributed by atoms with Crippen molar-refractivity contribution in [3.05, 3.63) is 35.0 Å². The maximum Gasteiger partial charge on any atom is 0.267 e. The fourth-order valence-corrected chi connectivity index (χ4v) is 1.68. The Kier molecular flexibility index (Phi) is 6.57. The summed E-state index contributed by atoms with van der Waals surface area (Å²) < 4.78 is 5.14. The third-order valence-corrected chi connectivity index (χ3v) is 2.78. The summed E-state index contributed by atoms with van der Waals surface area (Å²) in [6.07, 6.45) is 1.41. The summed E-state index contributed by atoms with van der Waals surface area (Å²) in [4.78, 5) is 12.1. The fraction of sp³-hybridized carbons (Fsp3) is 0.333. The van der Waals surface area contributed by atoms with Gasteiger partial charge in [-0.2, -0.15) is 5.26 Å². The van der Waals surface area contributed by atoms with Gasteiger partial charge >= 0.3 is 0 Å². The number of hydrogen-bond acceptors (Lipinski definition) is 4. The Balaban J connectivity index is 2.84. The first kappa shape index (κ1) is 16.9. The van der Waals surface area contributed by atoms with Crippen molar-refractivity contribution in [1.29, 1.82) is 5.26 Å². The Morgan fingerprint density at radius 1 is 1.52 bits per heavy atom. The molecule has 2 N–H and O–H groups in total. The molecule has 0 aliphatic carbocycles. The van der Waals surface area contributed by atoms with Crippen molar-refractivity contribution in [1.82, 2.24) is 5.32 Å². The number of benzene rings is 1. The highest BCUT2D eigenvalue weighted by Gasteiger charge is 2.12. The molecular weight excluding hydrogens is 290 g/mol. The highest BCUT2D eigenvalue weighted by atomic mass is 35.5. The van der Waals surface area contributed by atoms with Crippen molar-refractivity contribution in [2.45, 2.75) is 13.8 Å². The molecule has 1 rings (SSSR count). The number of nitrogens with zero attached hydrogens (tertiary/aromatic N) is 1. The van der Waals surface area contributed by atoms with Gasteiger partial charge in [-0.3, -0.25) is 4.79 Å². The molecule has 1 aromatic rings. The van der Waals surface area contributed by atoms with Gasteiger partial charge in [-0.05, 0) is 24.1 Å². The minimum atomic E-state index is -0.519. The minimum Gasteiger partial charge on any atom is -0.495 e. The standard InChI is InChI=1S/C15H18ClN3O2/c1-10(2)8-18-9-11(7-17)15(20)19-13-6-12(16)4-5-14(13)21-3/h4-6,9-10,18H,8H2,1-3H3,(H,19,20)/b11-9-. The second-order valence-electron chi connectivity index (χ2n) is 4.77. The zero-order valence-corrected chi connectivity index (χ0v) is 13.0. The lowest BCUT2D eigenvalue weighted by Crippen LogP contribution is -2.19. The van der Waals surface area contributed by atoms with Gasteiger partial charge in [0, 0.05) is 17.8 Å². The van der Waals surface area contributed by atoms with E-state index in [1.807, 2.05) is 19.9 Å². The van der Waals surface area contributed by atoms with Crippen molar-refractivity contribution in [2.24, 2.45) is 5.92 Å². The largest absolute Gasteiger partial charge is 0.495 e. The molecule has 0 atom stereocenters. The Labute approximate surface area is 129 Å². The van der Waals surface area contributed by atoms with Crippen LogP contribution in [0, 0.1) is 17.2 Å². The van der Waals surface area contributed by atoms with Gasteiger partial charge in [0.25, 0.3) is 5.91 Å². The van der Waals surface area contributed by atoms with Crippen LogP contribution >= 0.6 is 11.6 Å². The summed E-state index contributed by atoms with van der Waals surface area (Å²) in [5, 5.41) is 15.1. The van der Waals surface area contributed by atoms with Crippen LogP contribution in [0.2, 0.25) is 5.02 Å². The Morgan fingerprint density at radius 2 is 2.24 bits per heavy atom. The van der Waals surface area contributed by atoms with Crippen LogP contribution in [0.1, 0.15) is 13.8 Å². The molecule has 0 unspecified atom stereocenters. The normalized spacial score (nSPS) is 11.0. The van der Waals surface area contributed by atoms with Crippen LogP contribution in [-0.2, 0) is 4.79 Å². The number of rotatable bonds is 6. The molecule has 0 saturated heterocycles. The number of carbonyl (C=O) groups is 1. The number of nitriles is 1. The van der Waals surface area contributed by atoms with Gasteiger partial charge in [0.2, 0.25) is 0 Å². The first-order chi connectivity index (χ1) is 9.97. The lowest BCUT2D eigenvalue weighted by Gasteiger charge is -2.10. The number of halogens is 1. The molecule has 0 spiro atoms. The lowest BCUT2D eigenvalue weighted by molar-refractivity contribution is -0.112. The summed E-state index contributed by atoms with van der Waals surface area (Å²) >= 11 is 5.89. The van der Waals surface area contributed by atoms with E-state index >= 15 is 0 Å². The zero-order chi connectivity index (χ0) is 15.8. The predicted octanol–water partition coefficient (Wildman–Crippen LogP) is 2.94. The number of ether oxygens (including phenoxy) is 1. The second-order valence-corrected chi connectivity index (χ2v) is 5.21. The van der Waals surface area contributed by atoms with Crippen molar-refractivity contribution < 1.29 is 9.53 Å². The van der Waals surface area contributed by atoms with Crippen LogP contribution in [0.25, 0.3) is 0 Å². The Morgan fingerprint density at radius 3 is 2.81 bits per heavy atom. The molecule has 0 fully saturated rings. The first-order valence-electron chi connectivity index (χ1n) is 6.46. The SMILES string of the molecule is COc1ccc(Cl)cc1NC(=O)/C(C#N)=C\NCC(C)C. The smallest absolute Gasteiger partial charge is 0.267 e. The predicted molar refractivity (Wildman–Crippen MR) is 83.2 cm³/mol. The third-order valence-electron chi connectivity index (χ3n) is 2.55. The summed E-state index contributed by atoms with van der Waals surface area (Å²) in [5.41, 5.74) is 0.401. The molecule has 0 aliphatic heterocycles. The molecular formula is C15H18ClN3O2. The van der Waals surface area contributed by atoms with Gasteiger partial charge < -0.3 is 15.4 Å². The van der Waals surface area contributed by atoms with Crippen LogP contribution in [-0.4, -0.2) is 19.6 Å². The number of amides is 1. The maximum absolute atomic E-state index is 12.1. The van der Waals surface area contributed by atoms with Crippen molar-refractivity contribution in [2.75, 3.05) is 19.0 Å². The van der Waals surface area contributed by atoms with Gasteiger partial charge in [0.05, 0.1) is 12.8 Å². The van der Waals surface area contributed by atoms with Crippen LogP contribution in [0.3, 0.4) is 0 Å². The van der Waals surface area contributed by atoms with Crippen LogP contribution < -0.4 is 15.4 Å². The van der Waals surface area contributed by atoms with Gasteiger partial charge in [0.1, 0.15) is 17.4 Å². The molecule has 6 heteroatoms. The van der Waals surface area contributed by atoms with Crippen molar-refractivity contribution >= 4 is 23.2 Å². The van der Waals surface area contributed by atoms with E-state index in [4.69, 9.17) is 21.6 Å². The van der Waals surface area contributed by atoms with Crippen LogP contribution in [0.4, 0.5) is 5.69 Å². The molecule has 5 nitrogen and oxygen atoms in total. The average Bonchev–Trinajstić information content (AvgIpc) is 2.43. The van der Waals surface area contributed by atoms with E-state index in [0.717, 1.165) is 0 Å². The van der Waals surface area contributed by atoms with E-state index in [1.165, 1.54) is 13.3 Å². The molecule has 1 aromatic carbocycles. The Hall–Kier alpha value is -2.19. The van der Waals surface area contributed by atoms with E-state index < -0.39 is 5.91 Å². The molecule has 21 heavy (non-hydrogen) atoms. The second kappa shape index (κ2) is 8.18. The number of nitrogens with one attached hydrogen (secondary N) is 2. The van der Waals surface area contributed by atoms with Crippen molar-refractivity contribution in [3.8, 4) is 11.8 Å². The quantitative estimate of drug-likeness (QED) is 0.626. The zero-order valence-electron chi connectivity index (χ0n) is 12.2. The van der Waals surface area contributed by atoms with E-state index in [9.17, 15) is 4.79 Å². The first-order valence-corrected chi connectivity index (χ1v) is 6.84. The highest BCUT2D eigenvalue weighted by Crippen LogP contribution is 2.27. The summed E-state index contributed by atoms with van der Waals surface area (Å²) in [6, 6.07) is 6.72. The molecule has 112 valence electrons. The number of hydrogen-bond donors (Lipinski definition) is 2. The summed E-state index contributed by atoms with van der Waals surface area (Å²) in [7, 11) is 1.49. The maximum atomic E-state index is 12.1. The number of anilines is 1. The average molecular weight is 308 g/mol. The molecule has 1 amide bonds. The lowest BCUT2D eigenvalue weighted by atomic mass is 10.2.